The Bertz CT molecular complexity index is 166. The first-order valence-corrected chi connectivity index (χ1v) is 5.83. The van der Waals surface area contributed by atoms with E-state index in [1.807, 2.05) is 0 Å². The molecule has 1 fully saturated rings. The number of hydrogen-bond donors (Lipinski definition) is 1. The third-order valence-electron chi connectivity index (χ3n) is 3.44. The quantitative estimate of drug-likeness (QED) is 0.691. The van der Waals surface area contributed by atoms with Crippen LogP contribution in [0.4, 0.5) is 0 Å². The molecule has 0 aromatic carbocycles. The van der Waals surface area contributed by atoms with Gasteiger partial charge in [0.25, 0.3) is 0 Å². The topological polar surface area (TPSA) is 29.5 Å². The lowest BCUT2D eigenvalue weighted by Crippen LogP contribution is -2.33. The van der Waals surface area contributed by atoms with Crippen molar-refractivity contribution in [3.05, 3.63) is 0 Å². The zero-order chi connectivity index (χ0) is 10.6. The van der Waals surface area contributed by atoms with Crippen LogP contribution in [0, 0.1) is 11.3 Å². The van der Waals surface area contributed by atoms with Crippen LogP contribution in [0.3, 0.4) is 0 Å². The number of rotatable bonds is 5. The van der Waals surface area contributed by atoms with Crippen molar-refractivity contribution in [2.24, 2.45) is 11.3 Å². The highest BCUT2D eigenvalue weighted by molar-refractivity contribution is 4.88. The molecule has 0 amide bonds. The van der Waals surface area contributed by atoms with E-state index in [-0.39, 0.29) is 6.10 Å². The third-order valence-corrected chi connectivity index (χ3v) is 3.44. The van der Waals surface area contributed by atoms with Crippen molar-refractivity contribution in [2.75, 3.05) is 13.2 Å². The van der Waals surface area contributed by atoms with Crippen LogP contribution in [-0.4, -0.2) is 24.4 Å². The Morgan fingerprint density at radius 1 is 1.50 bits per heavy atom. The molecule has 14 heavy (non-hydrogen) atoms. The van der Waals surface area contributed by atoms with E-state index in [2.05, 4.69) is 20.8 Å². The second-order valence-electron chi connectivity index (χ2n) is 5.13. The summed E-state index contributed by atoms with van der Waals surface area (Å²) in [5, 5.41) is 9.99. The van der Waals surface area contributed by atoms with Crippen molar-refractivity contribution >= 4 is 0 Å². The van der Waals surface area contributed by atoms with Crippen LogP contribution in [0.15, 0.2) is 0 Å². The molecule has 0 aromatic heterocycles. The van der Waals surface area contributed by atoms with E-state index in [1.165, 1.54) is 12.8 Å². The summed E-state index contributed by atoms with van der Waals surface area (Å²) in [5.41, 5.74) is 0.301. The van der Waals surface area contributed by atoms with Gasteiger partial charge in [-0.25, -0.2) is 0 Å². The largest absolute Gasteiger partial charge is 0.390 e. The Balaban J connectivity index is 2.32. The molecular weight excluding hydrogens is 176 g/mol. The fraction of sp³-hybridized carbons (Fsp3) is 1.00. The van der Waals surface area contributed by atoms with Crippen LogP contribution in [0.1, 0.15) is 46.5 Å². The SMILES string of the molecule is CCCOCC(O)C1CCCC1(C)C. The highest BCUT2D eigenvalue weighted by Crippen LogP contribution is 2.44. The minimum absolute atomic E-state index is 0.265. The van der Waals surface area contributed by atoms with Crippen molar-refractivity contribution in [1.29, 1.82) is 0 Å². The van der Waals surface area contributed by atoms with Gasteiger partial charge in [0.1, 0.15) is 0 Å². The van der Waals surface area contributed by atoms with Gasteiger partial charge in [0.2, 0.25) is 0 Å². The molecule has 2 unspecified atom stereocenters. The normalized spacial score (nSPS) is 27.9. The van der Waals surface area contributed by atoms with Gasteiger partial charge in [0.15, 0.2) is 0 Å². The van der Waals surface area contributed by atoms with Crippen LogP contribution in [-0.2, 0) is 4.74 Å². The van der Waals surface area contributed by atoms with Gasteiger partial charge in [-0.05, 0) is 30.6 Å². The highest BCUT2D eigenvalue weighted by Gasteiger charge is 2.38. The maximum Gasteiger partial charge on any atom is 0.0806 e. The van der Waals surface area contributed by atoms with Crippen molar-refractivity contribution in [2.45, 2.75) is 52.6 Å². The fourth-order valence-electron chi connectivity index (χ4n) is 2.53. The summed E-state index contributed by atoms with van der Waals surface area (Å²) in [6.45, 7) is 7.89. The first-order chi connectivity index (χ1) is 6.58. The van der Waals surface area contributed by atoms with Crippen LogP contribution in [0.5, 0.6) is 0 Å². The van der Waals surface area contributed by atoms with Gasteiger partial charge in [0, 0.05) is 6.61 Å². The molecule has 0 bridgehead atoms. The molecular formula is C12H24O2. The van der Waals surface area contributed by atoms with E-state index < -0.39 is 0 Å². The van der Waals surface area contributed by atoms with Crippen molar-refractivity contribution in [3.8, 4) is 0 Å². The smallest absolute Gasteiger partial charge is 0.0806 e. The first-order valence-electron chi connectivity index (χ1n) is 5.83. The third kappa shape index (κ3) is 2.96. The Labute approximate surface area is 87.7 Å². The van der Waals surface area contributed by atoms with Gasteiger partial charge in [0.05, 0.1) is 12.7 Å². The molecule has 0 radical (unpaired) electrons. The fourth-order valence-corrected chi connectivity index (χ4v) is 2.53. The Kier molecular flexibility index (Phi) is 4.39. The van der Waals surface area contributed by atoms with Crippen LogP contribution < -0.4 is 0 Å². The zero-order valence-electron chi connectivity index (χ0n) is 9.75. The zero-order valence-corrected chi connectivity index (χ0v) is 9.75. The summed E-state index contributed by atoms with van der Waals surface area (Å²) in [5.74, 6) is 0.430. The number of hydrogen-bond acceptors (Lipinski definition) is 2. The number of aliphatic hydroxyl groups excluding tert-OH is 1. The molecule has 2 atom stereocenters. The Morgan fingerprint density at radius 2 is 2.21 bits per heavy atom. The lowest BCUT2D eigenvalue weighted by atomic mass is 9.79. The van der Waals surface area contributed by atoms with Gasteiger partial charge in [-0.1, -0.05) is 27.2 Å². The Hall–Kier alpha value is -0.0800. The lowest BCUT2D eigenvalue weighted by Gasteiger charge is -2.30. The van der Waals surface area contributed by atoms with E-state index in [4.69, 9.17) is 4.74 Å². The summed E-state index contributed by atoms with van der Waals surface area (Å²) in [4.78, 5) is 0. The van der Waals surface area contributed by atoms with Crippen LogP contribution >= 0.6 is 0 Å². The molecule has 0 spiro atoms. The number of ether oxygens (including phenoxy) is 1. The summed E-state index contributed by atoms with van der Waals surface area (Å²) >= 11 is 0. The van der Waals surface area contributed by atoms with Crippen LogP contribution in [0.2, 0.25) is 0 Å². The van der Waals surface area contributed by atoms with Gasteiger partial charge >= 0.3 is 0 Å². The highest BCUT2D eigenvalue weighted by atomic mass is 16.5. The summed E-state index contributed by atoms with van der Waals surface area (Å²) < 4.78 is 5.40. The molecule has 0 heterocycles. The molecule has 2 nitrogen and oxygen atoms in total. The van der Waals surface area contributed by atoms with E-state index in [9.17, 15) is 5.11 Å². The minimum Gasteiger partial charge on any atom is -0.390 e. The summed E-state index contributed by atoms with van der Waals surface area (Å²) in [7, 11) is 0. The molecule has 1 N–H and O–H groups in total. The standard InChI is InChI=1S/C12H24O2/c1-4-8-14-9-11(13)10-6-5-7-12(10,2)3/h10-11,13H,4-9H2,1-3H3. The van der Waals surface area contributed by atoms with Gasteiger partial charge in [-0.15, -0.1) is 0 Å². The molecule has 2 heteroatoms. The first kappa shape index (κ1) is 12.0. The molecule has 0 saturated heterocycles. The molecule has 0 aliphatic heterocycles. The molecule has 1 aliphatic carbocycles. The Morgan fingerprint density at radius 3 is 2.71 bits per heavy atom. The van der Waals surface area contributed by atoms with Crippen LogP contribution in [0.25, 0.3) is 0 Å². The van der Waals surface area contributed by atoms with Crippen molar-refractivity contribution < 1.29 is 9.84 Å². The van der Waals surface area contributed by atoms with Crippen molar-refractivity contribution in [3.63, 3.8) is 0 Å². The second-order valence-corrected chi connectivity index (χ2v) is 5.13. The minimum atomic E-state index is -0.265. The lowest BCUT2D eigenvalue weighted by molar-refractivity contribution is -0.0202. The predicted molar refractivity (Wildman–Crippen MR) is 58.2 cm³/mol. The van der Waals surface area contributed by atoms with Gasteiger partial charge < -0.3 is 9.84 Å². The molecule has 84 valence electrons. The monoisotopic (exact) mass is 200 g/mol. The molecule has 1 saturated carbocycles. The average Bonchev–Trinajstić information content (AvgIpc) is 2.45. The van der Waals surface area contributed by atoms with E-state index in [0.29, 0.717) is 17.9 Å². The molecule has 1 rings (SSSR count). The maximum absolute atomic E-state index is 9.99. The van der Waals surface area contributed by atoms with Crippen molar-refractivity contribution in [1.82, 2.24) is 0 Å². The van der Waals surface area contributed by atoms with Gasteiger partial charge in [-0.2, -0.15) is 0 Å². The molecule has 1 aliphatic rings. The average molecular weight is 200 g/mol. The van der Waals surface area contributed by atoms with Gasteiger partial charge in [-0.3, -0.25) is 0 Å². The maximum atomic E-state index is 9.99. The summed E-state index contributed by atoms with van der Waals surface area (Å²) in [6.07, 6.45) is 4.41. The second kappa shape index (κ2) is 5.13. The van der Waals surface area contributed by atoms with E-state index in [0.717, 1.165) is 19.4 Å². The number of aliphatic hydroxyl groups is 1. The van der Waals surface area contributed by atoms with E-state index in [1.54, 1.807) is 0 Å². The molecule has 0 aromatic rings. The summed E-state index contributed by atoms with van der Waals surface area (Å²) in [6, 6.07) is 0. The predicted octanol–water partition coefficient (Wildman–Crippen LogP) is 2.60. The van der Waals surface area contributed by atoms with E-state index >= 15 is 0 Å².